The van der Waals surface area contributed by atoms with Crippen LogP contribution in [0.25, 0.3) is 0 Å². The maximum absolute atomic E-state index is 10.7. The molecule has 2 heterocycles. The van der Waals surface area contributed by atoms with Crippen molar-refractivity contribution in [3.05, 3.63) is 29.0 Å². The van der Waals surface area contributed by atoms with Crippen molar-refractivity contribution in [3.8, 4) is 0 Å². The Bertz CT molecular complexity index is 428. The number of rotatable bonds is 4. The SMILES string of the molecule is CC(C)(C(O)Cc1ccncc1Cl)N1CCCCCC1. The molecule has 1 atom stereocenters. The summed E-state index contributed by atoms with van der Waals surface area (Å²) in [5.74, 6) is 0. The Morgan fingerprint density at radius 1 is 1.30 bits per heavy atom. The van der Waals surface area contributed by atoms with Gasteiger partial charge in [-0.1, -0.05) is 24.4 Å². The van der Waals surface area contributed by atoms with E-state index in [1.54, 1.807) is 12.4 Å². The van der Waals surface area contributed by atoms with Gasteiger partial charge in [0.25, 0.3) is 0 Å². The van der Waals surface area contributed by atoms with E-state index in [9.17, 15) is 5.11 Å². The van der Waals surface area contributed by atoms with Crippen LogP contribution in [0.3, 0.4) is 0 Å². The van der Waals surface area contributed by atoms with Crippen LogP contribution in [-0.4, -0.2) is 39.7 Å². The second-order valence-electron chi connectivity index (χ2n) is 6.24. The number of aliphatic hydroxyl groups excluding tert-OH is 1. The number of pyridine rings is 1. The number of aromatic nitrogens is 1. The first-order valence-electron chi connectivity index (χ1n) is 7.53. The van der Waals surface area contributed by atoms with E-state index < -0.39 is 6.10 Å². The Morgan fingerprint density at radius 3 is 2.55 bits per heavy atom. The van der Waals surface area contributed by atoms with E-state index in [2.05, 4.69) is 23.7 Å². The summed E-state index contributed by atoms with van der Waals surface area (Å²) < 4.78 is 0. The molecule has 1 aliphatic rings. The third-order valence-corrected chi connectivity index (χ3v) is 4.85. The van der Waals surface area contributed by atoms with E-state index >= 15 is 0 Å². The normalized spacial score (nSPS) is 19.6. The Hall–Kier alpha value is -0.640. The molecule has 1 aliphatic heterocycles. The zero-order chi connectivity index (χ0) is 14.6. The van der Waals surface area contributed by atoms with E-state index in [0.29, 0.717) is 11.4 Å². The summed E-state index contributed by atoms with van der Waals surface area (Å²) in [5.41, 5.74) is 0.744. The molecule has 1 N–H and O–H groups in total. The van der Waals surface area contributed by atoms with Crippen molar-refractivity contribution in [1.29, 1.82) is 0 Å². The summed E-state index contributed by atoms with van der Waals surface area (Å²) in [4.78, 5) is 6.42. The zero-order valence-corrected chi connectivity index (χ0v) is 13.2. The number of likely N-dealkylation sites (tertiary alicyclic amines) is 1. The van der Waals surface area contributed by atoms with E-state index in [-0.39, 0.29) is 5.54 Å². The molecule has 4 heteroatoms. The van der Waals surface area contributed by atoms with Crippen molar-refractivity contribution in [1.82, 2.24) is 9.88 Å². The molecule has 1 fully saturated rings. The predicted octanol–water partition coefficient (Wildman–Crippen LogP) is 3.29. The predicted molar refractivity (Wildman–Crippen MR) is 83.1 cm³/mol. The molecular formula is C16H25ClN2O. The minimum Gasteiger partial charge on any atom is -0.391 e. The van der Waals surface area contributed by atoms with Crippen molar-refractivity contribution in [2.75, 3.05) is 13.1 Å². The molecule has 0 radical (unpaired) electrons. The molecule has 0 aliphatic carbocycles. The van der Waals surface area contributed by atoms with Crippen LogP contribution in [0.1, 0.15) is 45.1 Å². The maximum atomic E-state index is 10.7. The largest absolute Gasteiger partial charge is 0.391 e. The van der Waals surface area contributed by atoms with Gasteiger partial charge in [0.05, 0.1) is 11.1 Å². The van der Waals surface area contributed by atoms with Crippen LogP contribution in [0.5, 0.6) is 0 Å². The number of nitrogens with zero attached hydrogens (tertiary/aromatic N) is 2. The van der Waals surface area contributed by atoms with Crippen LogP contribution in [0, 0.1) is 0 Å². The topological polar surface area (TPSA) is 36.4 Å². The van der Waals surface area contributed by atoms with Gasteiger partial charge in [-0.25, -0.2) is 0 Å². The van der Waals surface area contributed by atoms with Crippen molar-refractivity contribution < 1.29 is 5.11 Å². The standard InChI is InChI=1S/C16H25ClN2O/c1-16(2,19-9-5-3-4-6-10-19)15(20)11-13-7-8-18-12-14(13)17/h7-8,12,15,20H,3-6,9-11H2,1-2H3. The maximum Gasteiger partial charge on any atom is 0.0759 e. The van der Waals surface area contributed by atoms with Crippen molar-refractivity contribution in [2.24, 2.45) is 0 Å². The highest BCUT2D eigenvalue weighted by Crippen LogP contribution is 2.27. The summed E-state index contributed by atoms with van der Waals surface area (Å²) in [7, 11) is 0. The van der Waals surface area contributed by atoms with E-state index in [4.69, 9.17) is 11.6 Å². The summed E-state index contributed by atoms with van der Waals surface area (Å²) in [6.45, 7) is 6.43. The molecule has 2 rings (SSSR count). The third kappa shape index (κ3) is 3.72. The number of halogens is 1. The van der Waals surface area contributed by atoms with Crippen molar-refractivity contribution in [3.63, 3.8) is 0 Å². The van der Waals surface area contributed by atoms with Gasteiger partial charge in [-0.2, -0.15) is 0 Å². The molecular weight excluding hydrogens is 272 g/mol. The molecule has 20 heavy (non-hydrogen) atoms. The van der Waals surface area contributed by atoms with Crippen molar-refractivity contribution >= 4 is 11.6 Å². The Balaban J connectivity index is 2.06. The lowest BCUT2D eigenvalue weighted by Gasteiger charge is -2.41. The van der Waals surface area contributed by atoms with Crippen LogP contribution in [-0.2, 0) is 6.42 Å². The van der Waals surface area contributed by atoms with Crippen LogP contribution in [0.4, 0.5) is 0 Å². The lowest BCUT2D eigenvalue weighted by atomic mass is 9.90. The van der Waals surface area contributed by atoms with Crippen LogP contribution >= 0.6 is 11.6 Å². The summed E-state index contributed by atoms with van der Waals surface area (Å²) in [6.07, 6.45) is 8.58. The van der Waals surface area contributed by atoms with Gasteiger partial charge in [-0.15, -0.1) is 0 Å². The lowest BCUT2D eigenvalue weighted by Crippen LogP contribution is -2.53. The van der Waals surface area contributed by atoms with Gasteiger partial charge in [0.15, 0.2) is 0 Å². The second kappa shape index (κ2) is 6.88. The van der Waals surface area contributed by atoms with Gasteiger partial charge in [0.2, 0.25) is 0 Å². The third-order valence-electron chi connectivity index (χ3n) is 4.51. The molecule has 1 saturated heterocycles. The molecule has 1 aromatic rings. The smallest absolute Gasteiger partial charge is 0.0759 e. The number of hydrogen-bond acceptors (Lipinski definition) is 3. The average molecular weight is 297 g/mol. The van der Waals surface area contributed by atoms with Gasteiger partial charge in [-0.3, -0.25) is 9.88 Å². The fourth-order valence-electron chi connectivity index (χ4n) is 2.89. The van der Waals surface area contributed by atoms with Gasteiger partial charge in [0, 0.05) is 24.4 Å². The average Bonchev–Trinajstić information content (AvgIpc) is 2.70. The molecule has 0 spiro atoms. The highest BCUT2D eigenvalue weighted by Gasteiger charge is 2.34. The number of aliphatic hydroxyl groups is 1. The van der Waals surface area contributed by atoms with Gasteiger partial charge in [0.1, 0.15) is 0 Å². The van der Waals surface area contributed by atoms with Gasteiger partial charge < -0.3 is 5.11 Å². The van der Waals surface area contributed by atoms with E-state index in [1.165, 1.54) is 25.7 Å². The van der Waals surface area contributed by atoms with Crippen LogP contribution in [0.2, 0.25) is 5.02 Å². The van der Waals surface area contributed by atoms with E-state index in [1.807, 2.05) is 6.07 Å². The molecule has 3 nitrogen and oxygen atoms in total. The first kappa shape index (κ1) is 15.7. The fourth-order valence-corrected chi connectivity index (χ4v) is 3.08. The summed E-state index contributed by atoms with van der Waals surface area (Å²) >= 11 is 6.14. The fraction of sp³-hybridized carbons (Fsp3) is 0.688. The monoisotopic (exact) mass is 296 g/mol. The summed E-state index contributed by atoms with van der Waals surface area (Å²) in [6, 6.07) is 1.89. The molecule has 0 aromatic carbocycles. The van der Waals surface area contributed by atoms with Crippen LogP contribution < -0.4 is 0 Å². The molecule has 1 unspecified atom stereocenters. The quantitative estimate of drug-likeness (QED) is 0.926. The molecule has 0 bridgehead atoms. The first-order chi connectivity index (χ1) is 9.51. The minimum atomic E-state index is -0.430. The number of hydrogen-bond donors (Lipinski definition) is 1. The molecule has 0 saturated carbocycles. The second-order valence-corrected chi connectivity index (χ2v) is 6.65. The van der Waals surface area contributed by atoms with Gasteiger partial charge >= 0.3 is 0 Å². The van der Waals surface area contributed by atoms with Crippen LogP contribution in [0.15, 0.2) is 18.5 Å². The minimum absolute atomic E-state index is 0.225. The van der Waals surface area contributed by atoms with Crippen molar-refractivity contribution in [2.45, 2.75) is 57.6 Å². The Morgan fingerprint density at radius 2 is 1.95 bits per heavy atom. The zero-order valence-electron chi connectivity index (χ0n) is 12.5. The first-order valence-corrected chi connectivity index (χ1v) is 7.91. The lowest BCUT2D eigenvalue weighted by molar-refractivity contribution is -0.00786. The van der Waals surface area contributed by atoms with Gasteiger partial charge in [-0.05, 0) is 51.4 Å². The van der Waals surface area contributed by atoms with E-state index in [0.717, 1.165) is 18.7 Å². The Labute approximate surface area is 127 Å². The highest BCUT2D eigenvalue weighted by molar-refractivity contribution is 6.31. The summed E-state index contributed by atoms with van der Waals surface area (Å²) in [5, 5.41) is 11.3. The Kier molecular flexibility index (Phi) is 5.42. The molecule has 0 amide bonds. The molecule has 1 aromatic heterocycles. The molecule has 112 valence electrons. The highest BCUT2D eigenvalue weighted by atomic mass is 35.5.